The van der Waals surface area contributed by atoms with E-state index in [0.29, 0.717) is 33.8 Å². The lowest BCUT2D eigenvalue weighted by atomic mass is 10.2. The summed E-state index contributed by atoms with van der Waals surface area (Å²) in [4.78, 5) is 40.1. The van der Waals surface area contributed by atoms with Crippen molar-refractivity contribution in [1.29, 1.82) is 0 Å². The highest BCUT2D eigenvalue weighted by molar-refractivity contribution is 7.09. The summed E-state index contributed by atoms with van der Waals surface area (Å²) in [6.45, 7) is -0.0406. The molecule has 0 saturated carbocycles. The van der Waals surface area contributed by atoms with Crippen LogP contribution in [0.4, 0.5) is 5.69 Å². The number of anilines is 1. The number of amides is 1. The molecule has 1 amide bonds. The number of carbonyl (C=O) groups excluding carboxylic acids is 1. The van der Waals surface area contributed by atoms with Gasteiger partial charge in [-0.1, -0.05) is 29.8 Å². The molecule has 0 unspecified atom stereocenters. The fourth-order valence-electron chi connectivity index (χ4n) is 3.51. The van der Waals surface area contributed by atoms with Gasteiger partial charge < -0.3 is 10.1 Å². The molecule has 0 fully saturated rings. The van der Waals surface area contributed by atoms with Crippen molar-refractivity contribution in [2.24, 2.45) is 0 Å². The fourth-order valence-corrected chi connectivity index (χ4v) is 4.38. The molecule has 0 radical (unpaired) electrons. The first-order valence-corrected chi connectivity index (χ1v) is 11.1. The van der Waals surface area contributed by atoms with E-state index < -0.39 is 11.6 Å². The van der Waals surface area contributed by atoms with Crippen LogP contribution >= 0.6 is 22.9 Å². The molecule has 0 aliphatic rings. The van der Waals surface area contributed by atoms with Crippen molar-refractivity contribution in [3.05, 3.63) is 90.7 Å². The summed E-state index contributed by atoms with van der Waals surface area (Å²) in [7, 11) is 1.49. The number of thiophene rings is 1. The molecule has 4 aromatic rings. The van der Waals surface area contributed by atoms with Gasteiger partial charge in [-0.3, -0.25) is 18.7 Å². The van der Waals surface area contributed by atoms with E-state index in [1.54, 1.807) is 53.8 Å². The van der Waals surface area contributed by atoms with E-state index in [1.807, 2.05) is 17.5 Å². The number of fused-ring (bicyclic) bond motifs is 1. The molecule has 9 heteroatoms. The molecule has 0 spiro atoms. The second-order valence-electron chi connectivity index (χ2n) is 7.06. The number of nitrogens with zero attached hydrogens (tertiary/aromatic N) is 2. The second kappa shape index (κ2) is 9.42. The van der Waals surface area contributed by atoms with Crippen molar-refractivity contribution in [1.82, 2.24) is 9.13 Å². The minimum absolute atomic E-state index is 0.229. The zero-order valence-corrected chi connectivity index (χ0v) is 18.8. The van der Waals surface area contributed by atoms with Crippen LogP contribution in [-0.2, 0) is 24.3 Å². The van der Waals surface area contributed by atoms with Crippen LogP contribution in [0.15, 0.2) is 69.6 Å². The molecule has 164 valence electrons. The van der Waals surface area contributed by atoms with Crippen LogP contribution in [0.5, 0.6) is 5.75 Å². The Labute approximate surface area is 192 Å². The van der Waals surface area contributed by atoms with Crippen LogP contribution in [0.25, 0.3) is 10.9 Å². The molecule has 4 rings (SSSR count). The number of rotatable bonds is 7. The molecule has 0 saturated heterocycles. The van der Waals surface area contributed by atoms with E-state index in [0.717, 1.165) is 4.88 Å². The molecular weight excluding hydrogens is 450 g/mol. The predicted molar refractivity (Wildman–Crippen MR) is 127 cm³/mol. The molecule has 7 nitrogen and oxygen atoms in total. The van der Waals surface area contributed by atoms with Gasteiger partial charge >= 0.3 is 5.69 Å². The molecule has 0 aliphatic heterocycles. The Bertz CT molecular complexity index is 1390. The van der Waals surface area contributed by atoms with Crippen LogP contribution < -0.4 is 21.3 Å². The van der Waals surface area contributed by atoms with E-state index in [9.17, 15) is 14.4 Å². The third-order valence-electron chi connectivity index (χ3n) is 5.03. The number of para-hydroxylation sites is 1. The molecule has 1 N–H and O–H groups in total. The molecule has 2 aromatic carbocycles. The largest absolute Gasteiger partial charge is 0.495 e. The SMILES string of the molecule is COc1ccc(Cl)cc1NC(=O)Cn1c(=O)n(CCc2cccs2)c(=O)c2ccccc21. The maximum atomic E-state index is 13.2. The van der Waals surface area contributed by atoms with Crippen molar-refractivity contribution in [3.8, 4) is 5.75 Å². The van der Waals surface area contributed by atoms with E-state index in [-0.39, 0.29) is 18.6 Å². The Kier molecular flexibility index (Phi) is 6.43. The highest BCUT2D eigenvalue weighted by Gasteiger charge is 2.16. The normalized spacial score (nSPS) is 10.9. The number of carbonyl (C=O) groups is 1. The van der Waals surface area contributed by atoms with Crippen molar-refractivity contribution in [3.63, 3.8) is 0 Å². The first-order valence-electron chi connectivity index (χ1n) is 9.86. The number of hydrogen-bond donors (Lipinski definition) is 1. The highest BCUT2D eigenvalue weighted by atomic mass is 35.5. The average molecular weight is 470 g/mol. The smallest absolute Gasteiger partial charge is 0.331 e. The minimum Gasteiger partial charge on any atom is -0.495 e. The summed E-state index contributed by atoms with van der Waals surface area (Å²) in [5, 5.41) is 5.50. The third-order valence-corrected chi connectivity index (χ3v) is 6.20. The second-order valence-corrected chi connectivity index (χ2v) is 8.53. The predicted octanol–water partition coefficient (Wildman–Crippen LogP) is 3.77. The quantitative estimate of drug-likeness (QED) is 0.446. The van der Waals surface area contributed by atoms with E-state index in [1.165, 1.54) is 16.2 Å². The number of nitrogens with one attached hydrogen (secondary N) is 1. The first kappa shape index (κ1) is 21.9. The van der Waals surface area contributed by atoms with Gasteiger partial charge in [0, 0.05) is 16.4 Å². The molecule has 2 aromatic heterocycles. The first-order chi connectivity index (χ1) is 15.5. The Balaban J connectivity index is 1.70. The Morgan fingerprint density at radius 3 is 2.66 bits per heavy atom. The number of aryl methyl sites for hydroxylation is 1. The summed E-state index contributed by atoms with van der Waals surface area (Å²) >= 11 is 7.60. The zero-order valence-electron chi connectivity index (χ0n) is 17.2. The van der Waals surface area contributed by atoms with Gasteiger partial charge in [-0.25, -0.2) is 4.79 Å². The number of ether oxygens (including phenoxy) is 1. The zero-order chi connectivity index (χ0) is 22.7. The van der Waals surface area contributed by atoms with Gasteiger partial charge in [-0.2, -0.15) is 0 Å². The lowest BCUT2D eigenvalue weighted by Crippen LogP contribution is -2.42. The maximum Gasteiger partial charge on any atom is 0.331 e. The van der Waals surface area contributed by atoms with Crippen LogP contribution in [0.3, 0.4) is 0 Å². The van der Waals surface area contributed by atoms with Crippen molar-refractivity contribution >= 4 is 45.4 Å². The lowest BCUT2D eigenvalue weighted by Gasteiger charge is -2.15. The number of methoxy groups -OCH3 is 1. The lowest BCUT2D eigenvalue weighted by molar-refractivity contribution is -0.116. The van der Waals surface area contributed by atoms with Crippen LogP contribution in [-0.4, -0.2) is 22.2 Å². The van der Waals surface area contributed by atoms with Crippen LogP contribution in [0.1, 0.15) is 4.88 Å². The Morgan fingerprint density at radius 1 is 1.09 bits per heavy atom. The van der Waals surface area contributed by atoms with Gasteiger partial charge in [-0.05, 0) is 48.2 Å². The van der Waals surface area contributed by atoms with Crippen LogP contribution in [0, 0.1) is 0 Å². The molecule has 2 heterocycles. The van der Waals surface area contributed by atoms with E-state index in [2.05, 4.69) is 5.32 Å². The monoisotopic (exact) mass is 469 g/mol. The summed E-state index contributed by atoms with van der Waals surface area (Å²) in [6, 6.07) is 15.5. The number of aromatic nitrogens is 2. The van der Waals surface area contributed by atoms with Crippen molar-refractivity contribution < 1.29 is 9.53 Å². The van der Waals surface area contributed by atoms with Gasteiger partial charge in [0.05, 0.1) is 23.7 Å². The van der Waals surface area contributed by atoms with Gasteiger partial charge in [0.1, 0.15) is 12.3 Å². The summed E-state index contributed by atoms with van der Waals surface area (Å²) < 4.78 is 7.77. The maximum absolute atomic E-state index is 13.2. The number of halogens is 1. The van der Waals surface area contributed by atoms with Crippen LogP contribution in [0.2, 0.25) is 5.02 Å². The molecule has 0 bridgehead atoms. The number of benzene rings is 2. The Hall–Kier alpha value is -3.36. The number of hydrogen-bond acceptors (Lipinski definition) is 5. The fraction of sp³-hybridized carbons (Fsp3) is 0.174. The van der Waals surface area contributed by atoms with Crippen molar-refractivity contribution in [2.45, 2.75) is 19.5 Å². The van der Waals surface area contributed by atoms with Crippen molar-refractivity contribution in [2.75, 3.05) is 12.4 Å². The van der Waals surface area contributed by atoms with Gasteiger partial charge in [0.25, 0.3) is 5.56 Å². The Morgan fingerprint density at radius 2 is 1.91 bits per heavy atom. The highest BCUT2D eigenvalue weighted by Crippen LogP contribution is 2.27. The summed E-state index contributed by atoms with van der Waals surface area (Å²) in [5.41, 5.74) is -0.0924. The summed E-state index contributed by atoms with van der Waals surface area (Å²) in [6.07, 6.45) is 0.553. The van der Waals surface area contributed by atoms with E-state index >= 15 is 0 Å². The molecule has 32 heavy (non-hydrogen) atoms. The molecule has 0 atom stereocenters. The topological polar surface area (TPSA) is 82.3 Å². The van der Waals surface area contributed by atoms with Gasteiger partial charge in [0.15, 0.2) is 0 Å². The average Bonchev–Trinajstić information content (AvgIpc) is 3.30. The minimum atomic E-state index is -0.529. The standard InChI is InChI=1S/C23H20ClN3O4S/c1-31-20-9-8-15(24)13-18(20)25-21(28)14-27-19-7-3-2-6-17(19)22(29)26(23(27)30)11-10-16-5-4-12-32-16/h2-9,12-13H,10-11,14H2,1H3,(H,25,28). The summed E-state index contributed by atoms with van der Waals surface area (Å²) in [5.74, 6) is 0.00199. The third kappa shape index (κ3) is 4.46. The van der Waals surface area contributed by atoms with Gasteiger partial charge in [0.2, 0.25) is 5.91 Å². The van der Waals surface area contributed by atoms with E-state index in [4.69, 9.17) is 16.3 Å². The van der Waals surface area contributed by atoms with Gasteiger partial charge in [-0.15, -0.1) is 11.3 Å². The molecule has 0 aliphatic carbocycles. The molecular formula is C23H20ClN3O4S.